The minimum Gasteiger partial charge on any atom is -0.383 e. The summed E-state index contributed by atoms with van der Waals surface area (Å²) >= 11 is 0. The van der Waals surface area contributed by atoms with E-state index in [0.717, 1.165) is 6.61 Å². The third-order valence-electron chi connectivity index (χ3n) is 3.22. The van der Waals surface area contributed by atoms with Gasteiger partial charge in [-0.2, -0.15) is 0 Å². The molecule has 2 rings (SSSR count). The fourth-order valence-electron chi connectivity index (χ4n) is 2.73. The van der Waals surface area contributed by atoms with Gasteiger partial charge in [0, 0.05) is 12.6 Å². The van der Waals surface area contributed by atoms with E-state index in [2.05, 4.69) is 4.90 Å². The van der Waals surface area contributed by atoms with Gasteiger partial charge in [-0.1, -0.05) is 0 Å². The van der Waals surface area contributed by atoms with Gasteiger partial charge in [-0.15, -0.1) is 0 Å². The van der Waals surface area contributed by atoms with Gasteiger partial charge in [0.1, 0.15) is 0 Å². The molecule has 0 N–H and O–H groups in total. The van der Waals surface area contributed by atoms with Crippen LogP contribution in [0.3, 0.4) is 0 Å². The molecule has 0 aromatic heterocycles. The summed E-state index contributed by atoms with van der Waals surface area (Å²) in [5.74, 6) is 0. The SMILES string of the molecule is COCC12CCCN1CCC2. The summed E-state index contributed by atoms with van der Waals surface area (Å²) in [6, 6.07) is 0. The van der Waals surface area contributed by atoms with E-state index in [1.807, 2.05) is 7.11 Å². The highest BCUT2D eigenvalue weighted by Gasteiger charge is 2.43. The molecule has 64 valence electrons. The van der Waals surface area contributed by atoms with E-state index in [1.54, 1.807) is 0 Å². The molecule has 2 aliphatic rings. The van der Waals surface area contributed by atoms with Crippen molar-refractivity contribution in [2.24, 2.45) is 0 Å². The lowest BCUT2D eigenvalue weighted by Crippen LogP contribution is -2.42. The summed E-state index contributed by atoms with van der Waals surface area (Å²) in [6.45, 7) is 3.57. The Hall–Kier alpha value is -0.0800. The molecule has 2 nitrogen and oxygen atoms in total. The van der Waals surface area contributed by atoms with Crippen molar-refractivity contribution in [2.45, 2.75) is 31.2 Å². The lowest BCUT2D eigenvalue weighted by atomic mass is 9.95. The van der Waals surface area contributed by atoms with Crippen molar-refractivity contribution in [3.05, 3.63) is 0 Å². The van der Waals surface area contributed by atoms with Crippen LogP contribution in [0.5, 0.6) is 0 Å². The molecule has 0 aromatic carbocycles. The predicted octanol–water partition coefficient (Wildman–Crippen LogP) is 1.26. The average Bonchev–Trinajstić information content (AvgIpc) is 2.45. The van der Waals surface area contributed by atoms with Crippen molar-refractivity contribution in [3.63, 3.8) is 0 Å². The molecule has 2 fully saturated rings. The highest BCUT2D eigenvalue weighted by atomic mass is 16.5. The fraction of sp³-hybridized carbons (Fsp3) is 1.00. The number of nitrogens with zero attached hydrogens (tertiary/aromatic N) is 1. The monoisotopic (exact) mass is 155 g/mol. The summed E-state index contributed by atoms with van der Waals surface area (Å²) in [5, 5.41) is 0. The first-order valence-electron chi connectivity index (χ1n) is 4.61. The molecule has 0 atom stereocenters. The van der Waals surface area contributed by atoms with Crippen LogP contribution in [0.1, 0.15) is 25.7 Å². The van der Waals surface area contributed by atoms with Gasteiger partial charge in [0.05, 0.1) is 6.61 Å². The standard InChI is InChI=1S/C9H17NO/c1-11-8-9-4-2-6-10(9)7-3-5-9/h2-8H2,1H3. The molecular weight excluding hydrogens is 138 g/mol. The molecule has 0 amide bonds. The van der Waals surface area contributed by atoms with E-state index in [0.29, 0.717) is 5.54 Å². The second kappa shape index (κ2) is 2.76. The van der Waals surface area contributed by atoms with Gasteiger partial charge in [-0.05, 0) is 38.8 Å². The van der Waals surface area contributed by atoms with Crippen LogP contribution in [0.15, 0.2) is 0 Å². The molecule has 0 aromatic rings. The molecule has 0 saturated carbocycles. The maximum absolute atomic E-state index is 5.29. The molecule has 0 spiro atoms. The quantitative estimate of drug-likeness (QED) is 0.595. The molecule has 2 heterocycles. The lowest BCUT2D eigenvalue weighted by molar-refractivity contribution is 0.0655. The number of hydrogen-bond acceptors (Lipinski definition) is 2. The molecule has 2 heteroatoms. The molecule has 0 bridgehead atoms. The summed E-state index contributed by atoms with van der Waals surface area (Å²) in [7, 11) is 1.82. The number of rotatable bonds is 2. The summed E-state index contributed by atoms with van der Waals surface area (Å²) < 4.78 is 5.29. The Bertz CT molecular complexity index is 136. The van der Waals surface area contributed by atoms with Crippen LogP contribution in [0, 0.1) is 0 Å². The van der Waals surface area contributed by atoms with Crippen LogP contribution < -0.4 is 0 Å². The van der Waals surface area contributed by atoms with Crippen molar-refractivity contribution >= 4 is 0 Å². The van der Waals surface area contributed by atoms with Gasteiger partial charge in [-0.3, -0.25) is 4.90 Å². The normalized spacial score (nSPS) is 29.2. The summed E-state index contributed by atoms with van der Waals surface area (Å²) in [6.07, 6.45) is 5.48. The van der Waals surface area contributed by atoms with Crippen LogP contribution in [0.25, 0.3) is 0 Å². The Balaban J connectivity index is 2.07. The van der Waals surface area contributed by atoms with Crippen molar-refractivity contribution in [1.29, 1.82) is 0 Å². The second-order valence-corrected chi connectivity index (χ2v) is 3.85. The van der Waals surface area contributed by atoms with E-state index >= 15 is 0 Å². The zero-order valence-electron chi connectivity index (χ0n) is 7.31. The third kappa shape index (κ3) is 1.09. The Morgan fingerprint density at radius 3 is 2.45 bits per heavy atom. The van der Waals surface area contributed by atoms with Crippen molar-refractivity contribution in [1.82, 2.24) is 4.90 Å². The van der Waals surface area contributed by atoms with Gasteiger partial charge in [0.15, 0.2) is 0 Å². The molecule has 0 radical (unpaired) electrons. The van der Waals surface area contributed by atoms with Crippen LogP contribution in [0.2, 0.25) is 0 Å². The van der Waals surface area contributed by atoms with Crippen molar-refractivity contribution in [2.75, 3.05) is 26.8 Å². The van der Waals surface area contributed by atoms with Gasteiger partial charge in [-0.25, -0.2) is 0 Å². The van der Waals surface area contributed by atoms with Crippen LogP contribution in [-0.4, -0.2) is 37.2 Å². The zero-order chi connectivity index (χ0) is 7.73. The highest BCUT2D eigenvalue weighted by molar-refractivity contribution is 4.99. The molecular formula is C9H17NO. The van der Waals surface area contributed by atoms with E-state index in [4.69, 9.17) is 4.74 Å². The lowest BCUT2D eigenvalue weighted by Gasteiger charge is -2.30. The molecule has 2 aliphatic heterocycles. The molecule has 11 heavy (non-hydrogen) atoms. The van der Waals surface area contributed by atoms with Crippen LogP contribution in [-0.2, 0) is 4.74 Å². The largest absolute Gasteiger partial charge is 0.383 e. The number of methoxy groups -OCH3 is 1. The Kier molecular flexibility index (Phi) is 1.90. The number of fused-ring (bicyclic) bond motifs is 1. The summed E-state index contributed by atoms with van der Waals surface area (Å²) in [4.78, 5) is 2.62. The third-order valence-corrected chi connectivity index (χ3v) is 3.22. The average molecular weight is 155 g/mol. The first-order chi connectivity index (χ1) is 5.37. The number of hydrogen-bond donors (Lipinski definition) is 0. The van der Waals surface area contributed by atoms with Gasteiger partial charge in [0.25, 0.3) is 0 Å². The Morgan fingerprint density at radius 1 is 1.27 bits per heavy atom. The Morgan fingerprint density at radius 2 is 1.91 bits per heavy atom. The van der Waals surface area contributed by atoms with Crippen LogP contribution >= 0.6 is 0 Å². The van der Waals surface area contributed by atoms with E-state index in [9.17, 15) is 0 Å². The molecule has 0 aliphatic carbocycles. The van der Waals surface area contributed by atoms with Crippen molar-refractivity contribution < 1.29 is 4.74 Å². The van der Waals surface area contributed by atoms with E-state index in [1.165, 1.54) is 38.8 Å². The van der Waals surface area contributed by atoms with Crippen LogP contribution in [0.4, 0.5) is 0 Å². The maximum Gasteiger partial charge on any atom is 0.0646 e. The summed E-state index contributed by atoms with van der Waals surface area (Å²) in [5.41, 5.74) is 0.467. The minimum atomic E-state index is 0.467. The van der Waals surface area contributed by atoms with E-state index < -0.39 is 0 Å². The van der Waals surface area contributed by atoms with Gasteiger partial charge >= 0.3 is 0 Å². The number of ether oxygens (including phenoxy) is 1. The molecule has 0 unspecified atom stereocenters. The minimum absolute atomic E-state index is 0.467. The highest BCUT2D eigenvalue weighted by Crippen LogP contribution is 2.38. The second-order valence-electron chi connectivity index (χ2n) is 3.85. The molecule has 2 saturated heterocycles. The smallest absolute Gasteiger partial charge is 0.0646 e. The first kappa shape index (κ1) is 7.56. The maximum atomic E-state index is 5.29. The van der Waals surface area contributed by atoms with E-state index in [-0.39, 0.29) is 0 Å². The fourth-order valence-corrected chi connectivity index (χ4v) is 2.73. The first-order valence-corrected chi connectivity index (χ1v) is 4.61. The zero-order valence-corrected chi connectivity index (χ0v) is 7.31. The topological polar surface area (TPSA) is 12.5 Å². The predicted molar refractivity (Wildman–Crippen MR) is 44.6 cm³/mol. The van der Waals surface area contributed by atoms with Gasteiger partial charge in [0.2, 0.25) is 0 Å². The van der Waals surface area contributed by atoms with Gasteiger partial charge < -0.3 is 4.74 Å². The Labute approximate surface area is 68.5 Å². The van der Waals surface area contributed by atoms with Crippen molar-refractivity contribution in [3.8, 4) is 0 Å².